The first-order chi connectivity index (χ1) is 9.67. The minimum atomic E-state index is -0.316. The predicted molar refractivity (Wildman–Crippen MR) is 76.8 cm³/mol. The van der Waals surface area contributed by atoms with Gasteiger partial charge in [0.05, 0.1) is 19.4 Å². The molecule has 1 N–H and O–H groups in total. The van der Waals surface area contributed by atoms with Gasteiger partial charge in [-0.2, -0.15) is 0 Å². The molecule has 0 amide bonds. The minimum absolute atomic E-state index is 0.271. The second kappa shape index (κ2) is 6.77. The summed E-state index contributed by atoms with van der Waals surface area (Å²) >= 11 is 6.06. The Morgan fingerprint density at radius 2 is 2.15 bits per heavy atom. The quantitative estimate of drug-likeness (QED) is 0.869. The van der Waals surface area contributed by atoms with Crippen LogP contribution in [-0.4, -0.2) is 13.7 Å². The number of hydrogen-bond donors (Lipinski definition) is 1. The summed E-state index contributed by atoms with van der Waals surface area (Å²) < 4.78 is 24.0. The van der Waals surface area contributed by atoms with Crippen LogP contribution in [0, 0.1) is 5.82 Å². The second-order valence-corrected chi connectivity index (χ2v) is 4.77. The molecule has 5 heteroatoms. The van der Waals surface area contributed by atoms with Crippen molar-refractivity contribution in [2.45, 2.75) is 19.4 Å². The molecule has 1 aromatic heterocycles. The fourth-order valence-corrected chi connectivity index (χ4v) is 2.34. The molecule has 1 atom stereocenters. The van der Waals surface area contributed by atoms with E-state index in [1.165, 1.54) is 18.4 Å². The number of halogens is 2. The van der Waals surface area contributed by atoms with Crippen LogP contribution in [0.1, 0.15) is 30.5 Å². The molecule has 0 saturated carbocycles. The summed E-state index contributed by atoms with van der Waals surface area (Å²) in [7, 11) is 1.56. The van der Waals surface area contributed by atoms with Crippen molar-refractivity contribution >= 4 is 11.6 Å². The molecule has 20 heavy (non-hydrogen) atoms. The van der Waals surface area contributed by atoms with E-state index < -0.39 is 0 Å². The van der Waals surface area contributed by atoms with Crippen LogP contribution in [0.25, 0.3) is 0 Å². The summed E-state index contributed by atoms with van der Waals surface area (Å²) in [6.45, 7) is 2.83. The van der Waals surface area contributed by atoms with Crippen molar-refractivity contribution in [1.29, 1.82) is 0 Å². The molecule has 2 rings (SSSR count). The first-order valence-electron chi connectivity index (χ1n) is 6.47. The van der Waals surface area contributed by atoms with Gasteiger partial charge in [-0.1, -0.05) is 6.92 Å². The van der Waals surface area contributed by atoms with Crippen LogP contribution in [0.15, 0.2) is 34.9 Å². The Bertz CT molecular complexity index is 571. The van der Waals surface area contributed by atoms with Crippen molar-refractivity contribution in [3.63, 3.8) is 0 Å². The molecule has 0 spiro atoms. The Balaban J connectivity index is 2.46. The van der Waals surface area contributed by atoms with Gasteiger partial charge in [0.1, 0.15) is 11.6 Å². The Morgan fingerprint density at radius 3 is 2.75 bits per heavy atom. The summed E-state index contributed by atoms with van der Waals surface area (Å²) in [4.78, 5) is 0. The molecule has 0 fully saturated rings. The van der Waals surface area contributed by atoms with Crippen LogP contribution in [-0.2, 0) is 0 Å². The molecular weight excluding hydrogens is 281 g/mol. The highest BCUT2D eigenvalue weighted by Gasteiger charge is 2.22. The third kappa shape index (κ3) is 3.14. The lowest BCUT2D eigenvalue weighted by Crippen LogP contribution is -2.23. The number of rotatable bonds is 6. The van der Waals surface area contributed by atoms with Crippen molar-refractivity contribution < 1.29 is 13.5 Å². The Hall–Kier alpha value is -1.52. The largest absolute Gasteiger partial charge is 0.496 e. The Kier molecular flexibility index (Phi) is 5.04. The number of methoxy groups -OCH3 is 1. The molecule has 1 heterocycles. The maximum atomic E-state index is 13.6. The van der Waals surface area contributed by atoms with E-state index >= 15 is 0 Å². The molecule has 0 saturated heterocycles. The highest BCUT2D eigenvalue weighted by Crippen LogP contribution is 2.34. The van der Waals surface area contributed by atoms with E-state index in [2.05, 4.69) is 12.2 Å². The second-order valence-electron chi connectivity index (χ2n) is 4.42. The normalized spacial score (nSPS) is 12.4. The first kappa shape index (κ1) is 14.9. The molecule has 2 aromatic rings. The molecule has 0 radical (unpaired) electrons. The van der Waals surface area contributed by atoms with Crippen molar-refractivity contribution in [3.8, 4) is 5.75 Å². The van der Waals surface area contributed by atoms with Crippen molar-refractivity contribution in [3.05, 3.63) is 52.7 Å². The smallest absolute Gasteiger partial charge is 0.198 e. The summed E-state index contributed by atoms with van der Waals surface area (Å²) in [6.07, 6.45) is 2.47. The van der Waals surface area contributed by atoms with Crippen LogP contribution in [0.2, 0.25) is 5.22 Å². The van der Waals surface area contributed by atoms with Gasteiger partial charge in [0.2, 0.25) is 0 Å². The number of furan rings is 1. The van der Waals surface area contributed by atoms with Gasteiger partial charge in [0.25, 0.3) is 0 Å². The lowest BCUT2D eigenvalue weighted by atomic mass is 9.99. The molecule has 0 bridgehead atoms. The minimum Gasteiger partial charge on any atom is -0.496 e. The SMILES string of the molecule is CCCNC(c1cc(F)ccc1OC)c1ccoc1Cl. The molecule has 1 aromatic carbocycles. The fourth-order valence-electron chi connectivity index (χ4n) is 2.12. The van der Waals surface area contributed by atoms with Crippen LogP contribution >= 0.6 is 11.6 Å². The maximum absolute atomic E-state index is 13.6. The summed E-state index contributed by atoms with van der Waals surface area (Å²) in [6, 6.07) is 5.94. The predicted octanol–water partition coefficient (Wildman–Crippen LogP) is 4.17. The zero-order chi connectivity index (χ0) is 14.5. The van der Waals surface area contributed by atoms with Crippen LogP contribution < -0.4 is 10.1 Å². The summed E-state index contributed by atoms with van der Waals surface area (Å²) in [5, 5.41) is 3.64. The molecule has 0 aliphatic rings. The van der Waals surface area contributed by atoms with Gasteiger partial charge < -0.3 is 14.5 Å². The fraction of sp³-hybridized carbons (Fsp3) is 0.333. The number of ether oxygens (including phenoxy) is 1. The molecule has 1 unspecified atom stereocenters. The zero-order valence-electron chi connectivity index (χ0n) is 11.5. The van der Waals surface area contributed by atoms with Gasteiger partial charge in [-0.3, -0.25) is 0 Å². The monoisotopic (exact) mass is 297 g/mol. The van der Waals surface area contributed by atoms with Gasteiger partial charge in [-0.05, 0) is 48.8 Å². The Morgan fingerprint density at radius 1 is 1.35 bits per heavy atom. The molecule has 3 nitrogen and oxygen atoms in total. The van der Waals surface area contributed by atoms with Gasteiger partial charge in [-0.15, -0.1) is 0 Å². The molecular formula is C15H17ClFNO2. The van der Waals surface area contributed by atoms with Crippen LogP contribution in [0.4, 0.5) is 4.39 Å². The highest BCUT2D eigenvalue weighted by atomic mass is 35.5. The van der Waals surface area contributed by atoms with Crippen molar-refractivity contribution in [2.24, 2.45) is 0 Å². The molecule has 0 aliphatic heterocycles. The van der Waals surface area contributed by atoms with E-state index in [9.17, 15) is 4.39 Å². The third-order valence-electron chi connectivity index (χ3n) is 3.06. The zero-order valence-corrected chi connectivity index (χ0v) is 12.2. The standard InChI is InChI=1S/C15H17ClFNO2/c1-3-7-18-14(11-6-8-20-15(11)16)12-9-10(17)4-5-13(12)19-2/h4-6,8-9,14,18H,3,7H2,1-2H3. The number of nitrogens with one attached hydrogen (secondary N) is 1. The highest BCUT2D eigenvalue weighted by molar-refractivity contribution is 6.29. The third-order valence-corrected chi connectivity index (χ3v) is 3.37. The van der Waals surface area contributed by atoms with Crippen molar-refractivity contribution in [1.82, 2.24) is 5.32 Å². The van der Waals surface area contributed by atoms with Gasteiger partial charge in [0.15, 0.2) is 5.22 Å². The molecule has 108 valence electrons. The van der Waals surface area contributed by atoms with Crippen molar-refractivity contribution in [2.75, 3.05) is 13.7 Å². The molecule has 0 aliphatic carbocycles. The maximum Gasteiger partial charge on any atom is 0.198 e. The average Bonchev–Trinajstić information content (AvgIpc) is 2.86. The van der Waals surface area contributed by atoms with Gasteiger partial charge >= 0.3 is 0 Å². The average molecular weight is 298 g/mol. The van der Waals surface area contributed by atoms with E-state index in [1.54, 1.807) is 19.2 Å². The Labute approximate surface area is 122 Å². The topological polar surface area (TPSA) is 34.4 Å². The van der Waals surface area contributed by atoms with E-state index in [-0.39, 0.29) is 11.9 Å². The lowest BCUT2D eigenvalue weighted by Gasteiger charge is -2.20. The van der Waals surface area contributed by atoms with Crippen LogP contribution in [0.3, 0.4) is 0 Å². The number of hydrogen-bond acceptors (Lipinski definition) is 3. The van der Waals surface area contributed by atoms with E-state index in [4.69, 9.17) is 20.8 Å². The summed E-state index contributed by atoms with van der Waals surface area (Å²) in [5.74, 6) is 0.293. The summed E-state index contributed by atoms with van der Waals surface area (Å²) in [5.41, 5.74) is 1.47. The van der Waals surface area contributed by atoms with Crippen LogP contribution in [0.5, 0.6) is 5.75 Å². The number of benzene rings is 1. The van der Waals surface area contributed by atoms with E-state index in [0.717, 1.165) is 18.5 Å². The van der Waals surface area contributed by atoms with E-state index in [0.29, 0.717) is 16.5 Å². The first-order valence-corrected chi connectivity index (χ1v) is 6.84. The van der Waals surface area contributed by atoms with E-state index in [1.807, 2.05) is 0 Å². The van der Waals surface area contributed by atoms with Gasteiger partial charge in [0, 0.05) is 11.1 Å². The van der Waals surface area contributed by atoms with Gasteiger partial charge in [-0.25, -0.2) is 4.39 Å². The lowest BCUT2D eigenvalue weighted by molar-refractivity contribution is 0.402.